The molecule has 0 spiro atoms. The van der Waals surface area contributed by atoms with Gasteiger partial charge in [-0.25, -0.2) is 0 Å². The molecule has 5 heteroatoms. The van der Waals surface area contributed by atoms with Crippen LogP contribution in [0.3, 0.4) is 0 Å². The number of hydrogen-bond donors (Lipinski definition) is 1. The van der Waals surface area contributed by atoms with Crippen molar-refractivity contribution in [2.75, 3.05) is 14.2 Å². The molecule has 1 amide bonds. The van der Waals surface area contributed by atoms with Crippen LogP contribution in [-0.4, -0.2) is 20.1 Å². The van der Waals surface area contributed by atoms with Crippen LogP contribution in [0.25, 0.3) is 6.08 Å². The van der Waals surface area contributed by atoms with Crippen molar-refractivity contribution in [2.24, 2.45) is 5.92 Å². The minimum Gasteiger partial charge on any atom is -0.493 e. The zero-order valence-corrected chi connectivity index (χ0v) is 15.9. The van der Waals surface area contributed by atoms with Crippen molar-refractivity contribution >= 4 is 23.3 Å². The molecule has 4 nitrogen and oxygen atoms in total. The molecule has 25 heavy (non-hydrogen) atoms. The van der Waals surface area contributed by atoms with Crippen molar-refractivity contribution in [2.45, 2.75) is 26.3 Å². The molecule has 0 saturated carbocycles. The average Bonchev–Trinajstić information content (AvgIpc) is 3.13. The number of thiophene rings is 1. The van der Waals surface area contributed by atoms with E-state index in [0.717, 1.165) is 12.0 Å². The maximum atomic E-state index is 12.3. The standard InChI is InChI=1S/C20H25NO3S/c1-14(2)12-16(19-6-5-11-25-19)21-20(22)10-8-15-7-9-17(23-3)18(13-15)24-4/h5-11,13-14,16H,12H2,1-4H3,(H,21,22)/b10-8+. The van der Waals surface area contributed by atoms with Gasteiger partial charge in [-0.15, -0.1) is 11.3 Å². The molecule has 1 unspecified atom stereocenters. The summed E-state index contributed by atoms with van der Waals surface area (Å²) in [6.07, 6.45) is 4.25. The number of benzene rings is 1. The van der Waals surface area contributed by atoms with Gasteiger partial charge in [-0.05, 0) is 47.6 Å². The van der Waals surface area contributed by atoms with Gasteiger partial charge in [-0.2, -0.15) is 0 Å². The first-order chi connectivity index (χ1) is 12.0. The number of carbonyl (C=O) groups is 1. The molecule has 1 atom stereocenters. The molecule has 2 aromatic rings. The third-order valence-corrected chi connectivity index (χ3v) is 4.73. The first-order valence-electron chi connectivity index (χ1n) is 8.27. The Bertz CT molecular complexity index is 708. The second-order valence-electron chi connectivity index (χ2n) is 6.15. The molecule has 0 aliphatic rings. The summed E-state index contributed by atoms with van der Waals surface area (Å²) in [4.78, 5) is 13.5. The van der Waals surface area contributed by atoms with E-state index in [1.807, 2.05) is 29.6 Å². The van der Waals surface area contributed by atoms with E-state index in [1.54, 1.807) is 37.7 Å². The third kappa shape index (κ3) is 5.64. The first-order valence-corrected chi connectivity index (χ1v) is 9.15. The Balaban J connectivity index is 2.06. The number of carbonyl (C=O) groups excluding carboxylic acids is 1. The molecule has 2 rings (SSSR count). The fraction of sp³-hybridized carbons (Fsp3) is 0.350. The number of hydrogen-bond acceptors (Lipinski definition) is 4. The van der Waals surface area contributed by atoms with Crippen molar-refractivity contribution in [3.8, 4) is 11.5 Å². The molecule has 1 aromatic heterocycles. The van der Waals surface area contributed by atoms with Crippen LogP contribution >= 0.6 is 11.3 Å². The Morgan fingerprint density at radius 1 is 1.20 bits per heavy atom. The normalized spacial score (nSPS) is 12.4. The summed E-state index contributed by atoms with van der Waals surface area (Å²) in [7, 11) is 3.19. The van der Waals surface area contributed by atoms with E-state index < -0.39 is 0 Å². The molecule has 134 valence electrons. The van der Waals surface area contributed by atoms with Gasteiger partial charge in [-0.1, -0.05) is 26.0 Å². The zero-order chi connectivity index (χ0) is 18.2. The van der Waals surface area contributed by atoms with Crippen LogP contribution in [0.15, 0.2) is 41.8 Å². The van der Waals surface area contributed by atoms with Gasteiger partial charge in [-0.3, -0.25) is 4.79 Å². The first kappa shape index (κ1) is 19.1. The Morgan fingerprint density at radius 3 is 2.56 bits per heavy atom. The maximum Gasteiger partial charge on any atom is 0.244 e. The second kappa shape index (κ2) is 9.28. The highest BCUT2D eigenvalue weighted by molar-refractivity contribution is 7.10. The number of rotatable bonds is 8. The van der Waals surface area contributed by atoms with E-state index in [2.05, 4.69) is 25.2 Å². The van der Waals surface area contributed by atoms with Gasteiger partial charge in [0.2, 0.25) is 5.91 Å². The van der Waals surface area contributed by atoms with Crippen molar-refractivity contribution in [1.82, 2.24) is 5.32 Å². The van der Waals surface area contributed by atoms with Gasteiger partial charge in [0.1, 0.15) is 0 Å². The quantitative estimate of drug-likeness (QED) is 0.696. The van der Waals surface area contributed by atoms with Crippen LogP contribution in [0.2, 0.25) is 0 Å². The molecular formula is C20H25NO3S. The molecule has 1 aromatic carbocycles. The highest BCUT2D eigenvalue weighted by atomic mass is 32.1. The van der Waals surface area contributed by atoms with Crippen molar-refractivity contribution in [3.63, 3.8) is 0 Å². The van der Waals surface area contributed by atoms with Crippen molar-refractivity contribution in [3.05, 3.63) is 52.2 Å². The highest BCUT2D eigenvalue weighted by Gasteiger charge is 2.16. The third-order valence-electron chi connectivity index (χ3n) is 3.74. The van der Waals surface area contributed by atoms with Crippen LogP contribution in [0.5, 0.6) is 11.5 Å². The summed E-state index contributed by atoms with van der Waals surface area (Å²) >= 11 is 1.67. The van der Waals surface area contributed by atoms with Crippen LogP contribution < -0.4 is 14.8 Å². The van der Waals surface area contributed by atoms with Crippen molar-refractivity contribution < 1.29 is 14.3 Å². The summed E-state index contributed by atoms with van der Waals surface area (Å²) in [5.41, 5.74) is 0.879. The van der Waals surface area contributed by atoms with E-state index in [1.165, 1.54) is 4.88 Å². The lowest BCUT2D eigenvalue weighted by Crippen LogP contribution is -2.27. The summed E-state index contributed by atoms with van der Waals surface area (Å²) in [6, 6.07) is 9.67. The summed E-state index contributed by atoms with van der Waals surface area (Å²) < 4.78 is 10.5. The van der Waals surface area contributed by atoms with Crippen LogP contribution in [-0.2, 0) is 4.79 Å². The number of amides is 1. The number of methoxy groups -OCH3 is 2. The summed E-state index contributed by atoms with van der Waals surface area (Å²) in [6.45, 7) is 4.32. The fourth-order valence-corrected chi connectivity index (χ4v) is 3.35. The topological polar surface area (TPSA) is 47.6 Å². The molecule has 0 bridgehead atoms. The predicted octanol–water partition coefficient (Wildman–Crippen LogP) is 4.68. The Morgan fingerprint density at radius 2 is 1.96 bits per heavy atom. The fourth-order valence-electron chi connectivity index (χ4n) is 2.56. The monoisotopic (exact) mass is 359 g/mol. The molecule has 0 aliphatic heterocycles. The Hall–Kier alpha value is -2.27. The average molecular weight is 359 g/mol. The Labute approximate surface area is 153 Å². The number of ether oxygens (including phenoxy) is 2. The van der Waals surface area contributed by atoms with Crippen LogP contribution in [0.1, 0.15) is 36.8 Å². The van der Waals surface area contributed by atoms with E-state index in [9.17, 15) is 4.79 Å². The summed E-state index contributed by atoms with van der Waals surface area (Å²) in [5, 5.41) is 5.14. The van der Waals surface area contributed by atoms with E-state index in [-0.39, 0.29) is 11.9 Å². The van der Waals surface area contributed by atoms with Gasteiger partial charge in [0, 0.05) is 11.0 Å². The summed E-state index contributed by atoms with van der Waals surface area (Å²) in [5.74, 6) is 1.70. The van der Waals surface area contributed by atoms with Gasteiger partial charge >= 0.3 is 0 Å². The highest BCUT2D eigenvalue weighted by Crippen LogP contribution is 2.28. The lowest BCUT2D eigenvalue weighted by molar-refractivity contribution is -0.117. The zero-order valence-electron chi connectivity index (χ0n) is 15.1. The molecule has 0 saturated heterocycles. The lowest BCUT2D eigenvalue weighted by Gasteiger charge is -2.18. The van der Waals surface area contributed by atoms with E-state index in [4.69, 9.17) is 9.47 Å². The molecule has 1 N–H and O–H groups in total. The molecule has 0 aliphatic carbocycles. The van der Waals surface area contributed by atoms with Gasteiger partial charge in [0.15, 0.2) is 11.5 Å². The van der Waals surface area contributed by atoms with Crippen LogP contribution in [0.4, 0.5) is 0 Å². The molecular weight excluding hydrogens is 334 g/mol. The lowest BCUT2D eigenvalue weighted by atomic mass is 10.0. The molecule has 0 radical (unpaired) electrons. The van der Waals surface area contributed by atoms with Gasteiger partial charge < -0.3 is 14.8 Å². The predicted molar refractivity (Wildman–Crippen MR) is 103 cm³/mol. The SMILES string of the molecule is COc1ccc(/C=C/C(=O)NC(CC(C)C)c2cccs2)cc1OC. The Kier molecular flexibility index (Phi) is 7.07. The minimum absolute atomic E-state index is 0.0440. The number of nitrogens with one attached hydrogen (secondary N) is 1. The van der Waals surface area contributed by atoms with Gasteiger partial charge in [0.25, 0.3) is 0 Å². The van der Waals surface area contributed by atoms with Gasteiger partial charge in [0.05, 0.1) is 20.3 Å². The molecule has 1 heterocycles. The van der Waals surface area contributed by atoms with E-state index >= 15 is 0 Å². The minimum atomic E-state index is -0.103. The van der Waals surface area contributed by atoms with Crippen LogP contribution in [0, 0.1) is 5.92 Å². The smallest absolute Gasteiger partial charge is 0.244 e. The van der Waals surface area contributed by atoms with Crippen molar-refractivity contribution in [1.29, 1.82) is 0 Å². The molecule has 0 fully saturated rings. The second-order valence-corrected chi connectivity index (χ2v) is 7.13. The maximum absolute atomic E-state index is 12.3. The van der Waals surface area contributed by atoms with E-state index in [0.29, 0.717) is 17.4 Å². The largest absolute Gasteiger partial charge is 0.493 e.